The van der Waals surface area contributed by atoms with Crippen molar-refractivity contribution in [3.05, 3.63) is 29.8 Å². The number of rotatable bonds is 11. The third kappa shape index (κ3) is 6.69. The molecule has 0 aromatic heterocycles. The number of anilines is 1. The molecule has 32 heavy (non-hydrogen) atoms. The number of carbonyl (C=O) groups excluding carboxylic acids is 4. The second-order valence-corrected chi connectivity index (χ2v) is 7.67. The van der Waals surface area contributed by atoms with Gasteiger partial charge in [-0.2, -0.15) is 0 Å². The van der Waals surface area contributed by atoms with E-state index >= 15 is 0 Å². The van der Waals surface area contributed by atoms with E-state index in [0.717, 1.165) is 5.56 Å². The van der Waals surface area contributed by atoms with Crippen LogP contribution in [0.25, 0.3) is 0 Å². The third-order valence-electron chi connectivity index (χ3n) is 5.31. The first-order chi connectivity index (χ1) is 15.1. The van der Waals surface area contributed by atoms with E-state index in [9.17, 15) is 29.1 Å². The maximum Gasteiger partial charge on any atom is 0.319 e. The predicted molar refractivity (Wildman–Crippen MR) is 113 cm³/mol. The number of ether oxygens (including phenoxy) is 1. The van der Waals surface area contributed by atoms with Gasteiger partial charge in [-0.15, -0.1) is 0 Å². The molecule has 0 radical (unpaired) electrons. The second kappa shape index (κ2) is 11.1. The first-order valence-electron chi connectivity index (χ1n) is 10.2. The molecule has 1 saturated carbocycles. The lowest BCUT2D eigenvalue weighted by Gasteiger charge is -2.36. The van der Waals surface area contributed by atoms with Gasteiger partial charge < -0.3 is 31.5 Å². The quantitative estimate of drug-likeness (QED) is 0.189. The molecule has 6 N–H and O–H groups in total. The Hall–Kier alpha value is -3.63. The van der Waals surface area contributed by atoms with Crippen molar-refractivity contribution in [1.82, 2.24) is 10.6 Å². The zero-order chi connectivity index (χ0) is 23.7. The Bertz CT molecular complexity index is 865. The molecule has 2 rings (SSSR count). The lowest BCUT2D eigenvalue weighted by atomic mass is 9.68. The summed E-state index contributed by atoms with van der Waals surface area (Å²) >= 11 is 0. The van der Waals surface area contributed by atoms with Crippen LogP contribution in [0.3, 0.4) is 0 Å². The molecule has 1 aromatic rings. The third-order valence-corrected chi connectivity index (χ3v) is 5.31. The summed E-state index contributed by atoms with van der Waals surface area (Å²) in [5.41, 5.74) is 4.70. The van der Waals surface area contributed by atoms with Crippen molar-refractivity contribution >= 4 is 35.5 Å². The number of urea groups is 1. The van der Waals surface area contributed by atoms with E-state index in [0.29, 0.717) is 18.5 Å². The number of nitrogens with two attached hydrogens (primary N) is 1. The van der Waals surface area contributed by atoms with Crippen LogP contribution in [0.4, 0.5) is 10.5 Å². The van der Waals surface area contributed by atoms with Crippen molar-refractivity contribution in [2.45, 2.75) is 51.7 Å². The highest BCUT2D eigenvalue weighted by molar-refractivity contribution is 6.05. The zero-order valence-corrected chi connectivity index (χ0v) is 17.8. The van der Waals surface area contributed by atoms with Gasteiger partial charge in [-0.1, -0.05) is 18.6 Å². The van der Waals surface area contributed by atoms with Crippen LogP contribution < -0.4 is 21.7 Å². The number of esters is 1. The van der Waals surface area contributed by atoms with E-state index in [2.05, 4.69) is 16.0 Å². The van der Waals surface area contributed by atoms with Gasteiger partial charge in [0, 0.05) is 19.2 Å². The average molecular weight is 448 g/mol. The number of nitrogens with one attached hydrogen (secondary N) is 3. The minimum atomic E-state index is -1.51. The standard InChI is InChI=1S/C21H28N4O7/c1-13(26)32-12-14-5-7-15(8-6-14)24-17(27)16(4-2-11-23-20(22)31)25-18(28)21(19(29)30)9-3-10-21/h5-8,16H,2-4,9-12H2,1H3,(H,24,27)(H,25,28)(H,29,30)(H3,22,23,31)/t16-/m0/s1. The molecule has 11 heteroatoms. The number of primary amides is 1. The van der Waals surface area contributed by atoms with Crippen molar-refractivity contribution in [3.8, 4) is 0 Å². The van der Waals surface area contributed by atoms with Crippen LogP contribution in [0.15, 0.2) is 24.3 Å². The van der Waals surface area contributed by atoms with Gasteiger partial charge in [-0.25, -0.2) is 4.79 Å². The van der Waals surface area contributed by atoms with E-state index in [1.54, 1.807) is 24.3 Å². The Morgan fingerprint density at radius 3 is 2.31 bits per heavy atom. The first kappa shape index (κ1) is 24.6. The van der Waals surface area contributed by atoms with Crippen LogP contribution in [-0.2, 0) is 30.5 Å². The highest BCUT2D eigenvalue weighted by Gasteiger charge is 2.51. The number of amides is 4. The van der Waals surface area contributed by atoms with Gasteiger partial charge in [0.05, 0.1) is 0 Å². The molecule has 1 atom stereocenters. The average Bonchev–Trinajstić information content (AvgIpc) is 2.68. The molecular formula is C21H28N4O7. The van der Waals surface area contributed by atoms with Crippen molar-refractivity contribution in [3.63, 3.8) is 0 Å². The lowest BCUT2D eigenvalue weighted by molar-refractivity contribution is -0.162. The number of hydrogen-bond acceptors (Lipinski definition) is 6. The molecule has 174 valence electrons. The Balaban J connectivity index is 2.04. The molecule has 1 aliphatic carbocycles. The molecule has 1 aromatic carbocycles. The number of benzene rings is 1. The lowest BCUT2D eigenvalue weighted by Crippen LogP contribution is -2.55. The van der Waals surface area contributed by atoms with Crippen LogP contribution >= 0.6 is 0 Å². The number of carboxylic acids is 1. The first-order valence-corrected chi connectivity index (χ1v) is 10.2. The van der Waals surface area contributed by atoms with Crippen molar-refractivity contribution in [2.24, 2.45) is 11.1 Å². The molecule has 0 unspecified atom stereocenters. The summed E-state index contributed by atoms with van der Waals surface area (Å²) in [6, 6.07) is 4.88. The Morgan fingerprint density at radius 2 is 1.81 bits per heavy atom. The summed E-state index contributed by atoms with van der Waals surface area (Å²) in [7, 11) is 0. The largest absolute Gasteiger partial charge is 0.480 e. The Morgan fingerprint density at radius 1 is 1.16 bits per heavy atom. The van der Waals surface area contributed by atoms with Gasteiger partial charge in [0.25, 0.3) is 0 Å². The van der Waals surface area contributed by atoms with E-state index < -0.39 is 41.2 Å². The van der Waals surface area contributed by atoms with Crippen LogP contribution in [0.5, 0.6) is 0 Å². The number of aliphatic carboxylic acids is 1. The van der Waals surface area contributed by atoms with Gasteiger partial charge >= 0.3 is 18.0 Å². The van der Waals surface area contributed by atoms with Crippen LogP contribution in [0.1, 0.15) is 44.6 Å². The summed E-state index contributed by atoms with van der Waals surface area (Å²) in [6.45, 7) is 1.61. The molecule has 0 heterocycles. The maximum atomic E-state index is 12.8. The summed E-state index contributed by atoms with van der Waals surface area (Å²) in [6.07, 6.45) is 1.56. The van der Waals surface area contributed by atoms with E-state index in [1.807, 2.05) is 0 Å². The van der Waals surface area contributed by atoms with Gasteiger partial charge in [-0.3, -0.25) is 19.2 Å². The summed E-state index contributed by atoms with van der Waals surface area (Å²) in [5, 5.41) is 17.1. The van der Waals surface area contributed by atoms with Crippen LogP contribution in [0.2, 0.25) is 0 Å². The maximum absolute atomic E-state index is 12.8. The molecule has 11 nitrogen and oxygen atoms in total. The van der Waals surface area contributed by atoms with Gasteiger partial charge in [0.15, 0.2) is 0 Å². The number of hydrogen-bond donors (Lipinski definition) is 5. The van der Waals surface area contributed by atoms with E-state index in [1.165, 1.54) is 6.92 Å². The SMILES string of the molecule is CC(=O)OCc1ccc(NC(=O)[C@H](CCCNC(N)=O)NC(=O)C2(C(=O)O)CCC2)cc1. The molecule has 0 aliphatic heterocycles. The Kier molecular flexibility index (Phi) is 8.56. The molecule has 0 saturated heterocycles. The molecule has 1 aliphatic rings. The van der Waals surface area contributed by atoms with E-state index in [-0.39, 0.29) is 32.4 Å². The smallest absolute Gasteiger partial charge is 0.319 e. The van der Waals surface area contributed by atoms with Crippen LogP contribution in [-0.4, -0.2) is 47.5 Å². The fourth-order valence-electron chi connectivity index (χ4n) is 3.25. The summed E-state index contributed by atoms with van der Waals surface area (Å²) in [5.74, 6) is -2.84. The topological polar surface area (TPSA) is 177 Å². The van der Waals surface area contributed by atoms with Crippen molar-refractivity contribution < 1.29 is 33.8 Å². The van der Waals surface area contributed by atoms with E-state index in [4.69, 9.17) is 10.5 Å². The normalized spacial score (nSPS) is 14.9. The molecule has 1 fully saturated rings. The Labute approximate surface area is 185 Å². The number of carbonyl (C=O) groups is 5. The molecule has 0 spiro atoms. The van der Waals surface area contributed by atoms with Gasteiger partial charge in [0.2, 0.25) is 11.8 Å². The minimum Gasteiger partial charge on any atom is -0.480 e. The fourth-order valence-corrected chi connectivity index (χ4v) is 3.25. The zero-order valence-electron chi connectivity index (χ0n) is 17.8. The van der Waals surface area contributed by atoms with Crippen LogP contribution in [0, 0.1) is 5.41 Å². The summed E-state index contributed by atoms with van der Waals surface area (Å²) in [4.78, 5) is 58.8. The molecule has 0 bridgehead atoms. The van der Waals surface area contributed by atoms with Gasteiger partial charge in [-0.05, 0) is 43.4 Å². The highest BCUT2D eigenvalue weighted by atomic mass is 16.5. The van der Waals surface area contributed by atoms with Gasteiger partial charge in [0.1, 0.15) is 18.1 Å². The highest BCUT2D eigenvalue weighted by Crippen LogP contribution is 2.41. The second-order valence-electron chi connectivity index (χ2n) is 7.67. The molecule has 4 amide bonds. The monoisotopic (exact) mass is 448 g/mol. The number of carboxylic acid groups (broad SMARTS) is 1. The fraction of sp³-hybridized carbons (Fsp3) is 0.476. The summed E-state index contributed by atoms with van der Waals surface area (Å²) < 4.78 is 4.91. The molecular weight excluding hydrogens is 420 g/mol. The minimum absolute atomic E-state index is 0.104. The van der Waals surface area contributed by atoms with Crippen molar-refractivity contribution in [2.75, 3.05) is 11.9 Å². The predicted octanol–water partition coefficient (Wildman–Crippen LogP) is 0.876. The van der Waals surface area contributed by atoms with Crippen molar-refractivity contribution in [1.29, 1.82) is 0 Å².